The summed E-state index contributed by atoms with van der Waals surface area (Å²) in [6.07, 6.45) is 3.63. The molecule has 0 radical (unpaired) electrons. The van der Waals surface area contributed by atoms with Crippen molar-refractivity contribution in [1.29, 1.82) is 0 Å². The van der Waals surface area contributed by atoms with Gasteiger partial charge in [-0.2, -0.15) is 0 Å². The largest absolute Gasteiger partial charge is 0.480 e. The fourth-order valence-corrected chi connectivity index (χ4v) is 2.94. The van der Waals surface area contributed by atoms with Crippen molar-refractivity contribution in [2.24, 2.45) is 11.3 Å². The first-order chi connectivity index (χ1) is 8.84. The number of carboxylic acids is 1. The summed E-state index contributed by atoms with van der Waals surface area (Å²) < 4.78 is 0. The maximum atomic E-state index is 11.2. The zero-order valence-corrected chi connectivity index (χ0v) is 12.9. The molecular formula is C15H30N2O2. The third-order valence-electron chi connectivity index (χ3n) is 4.23. The Balaban J connectivity index is 2.50. The molecule has 4 heteroatoms. The van der Waals surface area contributed by atoms with Gasteiger partial charge >= 0.3 is 5.97 Å². The lowest BCUT2D eigenvalue weighted by molar-refractivity contribution is -0.140. The highest BCUT2D eigenvalue weighted by Crippen LogP contribution is 2.34. The quantitative estimate of drug-likeness (QED) is 0.804. The van der Waals surface area contributed by atoms with Gasteiger partial charge < -0.3 is 15.3 Å². The lowest BCUT2D eigenvalue weighted by atomic mass is 9.77. The normalized spacial score (nSPS) is 23.9. The topological polar surface area (TPSA) is 52.6 Å². The maximum Gasteiger partial charge on any atom is 0.322 e. The summed E-state index contributed by atoms with van der Waals surface area (Å²) in [4.78, 5) is 13.5. The first-order valence-electron chi connectivity index (χ1n) is 7.53. The molecule has 0 spiro atoms. The third kappa shape index (κ3) is 5.49. The first kappa shape index (κ1) is 16.4. The summed E-state index contributed by atoms with van der Waals surface area (Å²) in [7, 11) is 0. The van der Waals surface area contributed by atoms with Gasteiger partial charge in [0.1, 0.15) is 6.04 Å². The summed E-state index contributed by atoms with van der Waals surface area (Å²) in [5, 5.41) is 12.2. The van der Waals surface area contributed by atoms with Gasteiger partial charge in [-0.1, -0.05) is 27.7 Å². The molecule has 0 bridgehead atoms. The van der Waals surface area contributed by atoms with Gasteiger partial charge in [0.05, 0.1) is 0 Å². The fraction of sp³-hybridized carbons (Fsp3) is 0.933. The van der Waals surface area contributed by atoms with Crippen LogP contribution in [0.25, 0.3) is 0 Å². The number of likely N-dealkylation sites (N-methyl/N-ethyl adjacent to an activating group) is 1. The van der Waals surface area contributed by atoms with Crippen molar-refractivity contribution in [1.82, 2.24) is 10.2 Å². The molecule has 0 saturated carbocycles. The number of carboxylic acid groups (broad SMARTS) is 1. The standard InChI is InChI=1S/C15H30N2O2/c1-5-16-13(14(18)19)11-17-9-6-7-12(8-10-17)15(2,3)4/h12-13,16H,5-11H2,1-4H3,(H,18,19). The molecule has 2 N–H and O–H groups in total. The van der Waals surface area contributed by atoms with E-state index in [1.807, 2.05) is 6.92 Å². The summed E-state index contributed by atoms with van der Waals surface area (Å²) in [6.45, 7) is 12.3. The molecule has 1 heterocycles. The van der Waals surface area contributed by atoms with Crippen LogP contribution in [-0.4, -0.2) is 48.2 Å². The van der Waals surface area contributed by atoms with Gasteiger partial charge in [0, 0.05) is 6.54 Å². The lowest BCUT2D eigenvalue weighted by Crippen LogP contribution is -2.46. The Morgan fingerprint density at radius 1 is 1.37 bits per heavy atom. The molecule has 112 valence electrons. The van der Waals surface area contributed by atoms with E-state index < -0.39 is 12.0 Å². The zero-order valence-electron chi connectivity index (χ0n) is 12.9. The first-order valence-corrected chi connectivity index (χ1v) is 7.53. The molecule has 0 aromatic rings. The lowest BCUT2D eigenvalue weighted by Gasteiger charge is -2.30. The van der Waals surface area contributed by atoms with Crippen molar-refractivity contribution in [3.63, 3.8) is 0 Å². The Morgan fingerprint density at radius 2 is 2.05 bits per heavy atom. The molecular weight excluding hydrogens is 240 g/mol. The predicted molar refractivity (Wildman–Crippen MR) is 78.3 cm³/mol. The molecule has 0 aromatic carbocycles. The van der Waals surface area contributed by atoms with Crippen LogP contribution in [0.3, 0.4) is 0 Å². The van der Waals surface area contributed by atoms with E-state index in [1.54, 1.807) is 0 Å². The summed E-state index contributed by atoms with van der Waals surface area (Å²) >= 11 is 0. The van der Waals surface area contributed by atoms with Crippen molar-refractivity contribution in [2.75, 3.05) is 26.2 Å². The minimum absolute atomic E-state index is 0.365. The number of carbonyl (C=O) groups is 1. The van der Waals surface area contributed by atoms with Gasteiger partial charge in [-0.25, -0.2) is 0 Å². The Hall–Kier alpha value is -0.610. The highest BCUT2D eigenvalue weighted by Gasteiger charge is 2.28. The number of hydrogen-bond donors (Lipinski definition) is 2. The number of nitrogens with zero attached hydrogens (tertiary/aromatic N) is 1. The molecule has 1 rings (SSSR count). The summed E-state index contributed by atoms with van der Waals surface area (Å²) in [5.74, 6) is 0.0124. The average molecular weight is 270 g/mol. The van der Waals surface area contributed by atoms with Gasteiger partial charge in [0.15, 0.2) is 0 Å². The SMILES string of the molecule is CCNC(CN1CCCC(C(C)(C)C)CC1)C(=O)O. The van der Waals surface area contributed by atoms with E-state index in [4.69, 9.17) is 0 Å². The van der Waals surface area contributed by atoms with Crippen LogP contribution >= 0.6 is 0 Å². The Kier molecular flexibility index (Phi) is 6.27. The molecule has 19 heavy (non-hydrogen) atoms. The van der Waals surface area contributed by atoms with Gasteiger partial charge in [0.2, 0.25) is 0 Å². The summed E-state index contributed by atoms with van der Waals surface area (Å²) in [6, 6.07) is -0.434. The molecule has 1 fully saturated rings. The Labute approximate surface area is 117 Å². The van der Waals surface area contributed by atoms with Crippen LogP contribution in [0.4, 0.5) is 0 Å². The van der Waals surface area contributed by atoms with E-state index in [9.17, 15) is 9.90 Å². The van der Waals surface area contributed by atoms with Crippen molar-refractivity contribution in [3.8, 4) is 0 Å². The predicted octanol–water partition coefficient (Wildman–Crippen LogP) is 2.20. The van der Waals surface area contributed by atoms with Crippen LogP contribution < -0.4 is 5.32 Å². The van der Waals surface area contributed by atoms with Crippen LogP contribution in [0.15, 0.2) is 0 Å². The van der Waals surface area contributed by atoms with Gasteiger partial charge in [-0.05, 0) is 50.2 Å². The highest BCUT2D eigenvalue weighted by molar-refractivity contribution is 5.73. The van der Waals surface area contributed by atoms with Crippen molar-refractivity contribution in [3.05, 3.63) is 0 Å². The Morgan fingerprint density at radius 3 is 2.58 bits per heavy atom. The van der Waals surface area contributed by atoms with E-state index >= 15 is 0 Å². The highest BCUT2D eigenvalue weighted by atomic mass is 16.4. The molecule has 1 aliphatic rings. The Bertz CT molecular complexity index is 286. The number of hydrogen-bond acceptors (Lipinski definition) is 3. The molecule has 2 unspecified atom stereocenters. The monoisotopic (exact) mass is 270 g/mol. The minimum atomic E-state index is -0.738. The second kappa shape index (κ2) is 7.25. The van der Waals surface area contributed by atoms with Crippen molar-refractivity contribution in [2.45, 2.75) is 53.0 Å². The van der Waals surface area contributed by atoms with E-state index in [1.165, 1.54) is 19.3 Å². The molecule has 1 aliphatic heterocycles. The molecule has 4 nitrogen and oxygen atoms in total. The molecule has 1 saturated heterocycles. The average Bonchev–Trinajstić information content (AvgIpc) is 2.53. The van der Waals surface area contributed by atoms with Crippen LogP contribution in [0.1, 0.15) is 47.0 Å². The molecule has 0 amide bonds. The fourth-order valence-electron chi connectivity index (χ4n) is 2.94. The van der Waals surface area contributed by atoms with Gasteiger partial charge in [-0.15, -0.1) is 0 Å². The van der Waals surface area contributed by atoms with E-state index in [2.05, 4.69) is 31.0 Å². The zero-order chi connectivity index (χ0) is 14.5. The third-order valence-corrected chi connectivity index (χ3v) is 4.23. The van der Waals surface area contributed by atoms with Gasteiger partial charge in [0.25, 0.3) is 0 Å². The number of rotatable bonds is 5. The second-order valence-electron chi connectivity index (χ2n) is 6.74. The molecule has 0 aromatic heterocycles. The van der Waals surface area contributed by atoms with Gasteiger partial charge in [-0.3, -0.25) is 4.79 Å². The second-order valence-corrected chi connectivity index (χ2v) is 6.74. The van der Waals surface area contributed by atoms with Crippen LogP contribution in [-0.2, 0) is 4.79 Å². The van der Waals surface area contributed by atoms with Crippen molar-refractivity contribution < 1.29 is 9.90 Å². The van der Waals surface area contributed by atoms with E-state index in [0.717, 1.165) is 19.0 Å². The number of aliphatic carboxylic acids is 1. The summed E-state index contributed by atoms with van der Waals surface area (Å²) in [5.41, 5.74) is 0.365. The maximum absolute atomic E-state index is 11.2. The number of nitrogens with one attached hydrogen (secondary N) is 1. The van der Waals surface area contributed by atoms with E-state index in [-0.39, 0.29) is 0 Å². The van der Waals surface area contributed by atoms with Crippen LogP contribution in [0, 0.1) is 11.3 Å². The van der Waals surface area contributed by atoms with Crippen LogP contribution in [0.5, 0.6) is 0 Å². The van der Waals surface area contributed by atoms with Crippen LogP contribution in [0.2, 0.25) is 0 Å². The minimum Gasteiger partial charge on any atom is -0.480 e. The van der Waals surface area contributed by atoms with E-state index in [0.29, 0.717) is 18.5 Å². The molecule has 0 aliphatic carbocycles. The van der Waals surface area contributed by atoms with Crippen molar-refractivity contribution >= 4 is 5.97 Å². The molecule has 2 atom stereocenters. The number of likely N-dealkylation sites (tertiary alicyclic amines) is 1. The smallest absolute Gasteiger partial charge is 0.322 e.